The first-order chi connectivity index (χ1) is 4.47. The molecule has 0 aromatic heterocycles. The Hall–Kier alpha value is -0.0800. The second-order valence-electron chi connectivity index (χ2n) is 2.96. The molecule has 1 heterocycles. The lowest BCUT2D eigenvalue weighted by atomic mass is 10.3. The molecule has 0 amide bonds. The predicted molar refractivity (Wildman–Crippen MR) is 35.3 cm³/mol. The maximum atomic E-state index is 5.31. The number of nitrogens with one attached hydrogen (secondary N) is 1. The molecule has 0 aromatic carbocycles. The molecular formula is C7H13NO. The van der Waals surface area contributed by atoms with Crippen molar-refractivity contribution in [3.8, 4) is 0 Å². The van der Waals surface area contributed by atoms with Gasteiger partial charge in [0.05, 0.1) is 6.61 Å². The van der Waals surface area contributed by atoms with Gasteiger partial charge in [0.15, 0.2) is 0 Å². The molecule has 1 N–H and O–H groups in total. The van der Waals surface area contributed by atoms with E-state index in [1.165, 1.54) is 12.8 Å². The number of hydrogen-bond acceptors (Lipinski definition) is 2. The van der Waals surface area contributed by atoms with Gasteiger partial charge < -0.3 is 10.1 Å². The summed E-state index contributed by atoms with van der Waals surface area (Å²) in [7, 11) is 0. The highest BCUT2D eigenvalue weighted by Gasteiger charge is 2.36. The van der Waals surface area contributed by atoms with Crippen molar-refractivity contribution >= 4 is 0 Å². The van der Waals surface area contributed by atoms with Crippen LogP contribution in [0.3, 0.4) is 0 Å². The molecule has 0 bridgehead atoms. The Labute approximate surface area is 55.6 Å². The molecule has 0 aromatic rings. The minimum absolute atomic E-state index is 0.855. The van der Waals surface area contributed by atoms with Crippen molar-refractivity contribution in [2.45, 2.75) is 18.9 Å². The molecule has 2 rings (SSSR count). The van der Waals surface area contributed by atoms with Crippen LogP contribution >= 0.6 is 0 Å². The van der Waals surface area contributed by atoms with Crippen LogP contribution in [-0.4, -0.2) is 25.8 Å². The van der Waals surface area contributed by atoms with Crippen LogP contribution in [0.4, 0.5) is 0 Å². The van der Waals surface area contributed by atoms with Crippen LogP contribution in [0.15, 0.2) is 0 Å². The molecule has 52 valence electrons. The van der Waals surface area contributed by atoms with Gasteiger partial charge in [-0.2, -0.15) is 0 Å². The molecule has 1 aliphatic heterocycles. The van der Waals surface area contributed by atoms with Gasteiger partial charge in [-0.3, -0.25) is 0 Å². The summed E-state index contributed by atoms with van der Waals surface area (Å²) in [6.07, 6.45) is 2.67. The molecule has 2 fully saturated rings. The zero-order chi connectivity index (χ0) is 6.10. The number of ether oxygens (including phenoxy) is 1. The molecule has 9 heavy (non-hydrogen) atoms. The maximum Gasteiger partial charge on any atom is 0.0591 e. The molecule has 1 saturated carbocycles. The Morgan fingerprint density at radius 1 is 1.33 bits per heavy atom. The Bertz CT molecular complexity index is 93.1. The Morgan fingerprint density at radius 3 is 3.33 bits per heavy atom. The van der Waals surface area contributed by atoms with Crippen LogP contribution in [-0.2, 0) is 4.74 Å². The number of rotatable bonds is 0. The van der Waals surface area contributed by atoms with Gasteiger partial charge in [0, 0.05) is 19.2 Å². The third kappa shape index (κ3) is 1.25. The summed E-state index contributed by atoms with van der Waals surface area (Å²) in [4.78, 5) is 0. The molecule has 0 spiro atoms. The van der Waals surface area contributed by atoms with Gasteiger partial charge >= 0.3 is 0 Å². The molecule has 2 atom stereocenters. The normalized spacial score (nSPS) is 42.7. The fourth-order valence-electron chi connectivity index (χ4n) is 1.47. The average Bonchev–Trinajstić information content (AvgIpc) is 2.46. The Morgan fingerprint density at radius 2 is 2.33 bits per heavy atom. The van der Waals surface area contributed by atoms with Gasteiger partial charge in [-0.1, -0.05) is 0 Å². The lowest BCUT2D eigenvalue weighted by molar-refractivity contribution is 0.121. The van der Waals surface area contributed by atoms with E-state index in [2.05, 4.69) is 5.32 Å². The number of hydrogen-bond donors (Lipinski definition) is 1. The van der Waals surface area contributed by atoms with Crippen molar-refractivity contribution < 1.29 is 4.74 Å². The molecule has 2 nitrogen and oxygen atoms in total. The second-order valence-corrected chi connectivity index (χ2v) is 2.96. The van der Waals surface area contributed by atoms with E-state index >= 15 is 0 Å². The van der Waals surface area contributed by atoms with Crippen molar-refractivity contribution in [1.82, 2.24) is 5.32 Å². The van der Waals surface area contributed by atoms with Crippen molar-refractivity contribution in [3.05, 3.63) is 0 Å². The zero-order valence-corrected chi connectivity index (χ0v) is 5.60. The standard InChI is InChI=1S/C7H13NO/c1-3-9-4-2-8-7-5-6(1)7/h6-8H,1-5H2. The highest BCUT2D eigenvalue weighted by Crippen LogP contribution is 2.33. The summed E-state index contributed by atoms with van der Waals surface area (Å²) in [6.45, 7) is 2.95. The summed E-state index contributed by atoms with van der Waals surface area (Å²) in [6, 6.07) is 0.855. The third-order valence-electron chi connectivity index (χ3n) is 2.21. The topological polar surface area (TPSA) is 21.3 Å². The van der Waals surface area contributed by atoms with Gasteiger partial charge in [0.2, 0.25) is 0 Å². The second kappa shape index (κ2) is 2.27. The molecule has 2 aliphatic rings. The van der Waals surface area contributed by atoms with E-state index in [1.807, 2.05) is 0 Å². The smallest absolute Gasteiger partial charge is 0.0591 e. The van der Waals surface area contributed by atoms with Crippen LogP contribution in [0.1, 0.15) is 12.8 Å². The molecule has 1 saturated heterocycles. The van der Waals surface area contributed by atoms with Gasteiger partial charge in [0.25, 0.3) is 0 Å². The molecule has 2 heteroatoms. The van der Waals surface area contributed by atoms with E-state index in [0.29, 0.717) is 0 Å². The van der Waals surface area contributed by atoms with Crippen molar-refractivity contribution in [2.24, 2.45) is 5.92 Å². The third-order valence-corrected chi connectivity index (χ3v) is 2.21. The predicted octanol–water partition coefficient (Wildman–Crippen LogP) is 0.385. The van der Waals surface area contributed by atoms with E-state index in [-0.39, 0.29) is 0 Å². The molecule has 1 aliphatic carbocycles. The molecule has 0 radical (unpaired) electrons. The van der Waals surface area contributed by atoms with E-state index in [4.69, 9.17) is 4.74 Å². The lowest BCUT2D eigenvalue weighted by Crippen LogP contribution is -2.25. The number of fused-ring (bicyclic) bond motifs is 1. The van der Waals surface area contributed by atoms with Crippen molar-refractivity contribution in [1.29, 1.82) is 0 Å². The van der Waals surface area contributed by atoms with Crippen LogP contribution in [0, 0.1) is 5.92 Å². The first-order valence-electron chi connectivity index (χ1n) is 3.78. The fourth-order valence-corrected chi connectivity index (χ4v) is 1.47. The SMILES string of the molecule is C1COCCC2CC2N1. The first kappa shape index (κ1) is 5.69. The van der Waals surface area contributed by atoms with Crippen LogP contribution in [0.5, 0.6) is 0 Å². The molecular weight excluding hydrogens is 114 g/mol. The lowest BCUT2D eigenvalue weighted by Gasteiger charge is -2.09. The van der Waals surface area contributed by atoms with E-state index < -0.39 is 0 Å². The van der Waals surface area contributed by atoms with E-state index in [0.717, 1.165) is 31.7 Å². The van der Waals surface area contributed by atoms with Gasteiger partial charge in [-0.25, -0.2) is 0 Å². The Balaban J connectivity index is 1.81. The summed E-state index contributed by atoms with van der Waals surface area (Å²) in [5, 5.41) is 3.43. The first-order valence-corrected chi connectivity index (χ1v) is 3.78. The van der Waals surface area contributed by atoms with E-state index in [1.54, 1.807) is 0 Å². The fraction of sp³-hybridized carbons (Fsp3) is 1.00. The quantitative estimate of drug-likeness (QED) is 0.508. The summed E-state index contributed by atoms with van der Waals surface area (Å²) in [5.74, 6) is 0.949. The maximum absolute atomic E-state index is 5.31. The minimum Gasteiger partial charge on any atom is -0.380 e. The van der Waals surface area contributed by atoms with Crippen molar-refractivity contribution in [3.63, 3.8) is 0 Å². The van der Waals surface area contributed by atoms with Gasteiger partial charge in [0.1, 0.15) is 0 Å². The van der Waals surface area contributed by atoms with Crippen LogP contribution in [0.25, 0.3) is 0 Å². The van der Waals surface area contributed by atoms with Crippen LogP contribution < -0.4 is 5.32 Å². The highest BCUT2D eigenvalue weighted by molar-refractivity contribution is 4.93. The van der Waals surface area contributed by atoms with Crippen molar-refractivity contribution in [2.75, 3.05) is 19.8 Å². The highest BCUT2D eigenvalue weighted by atomic mass is 16.5. The largest absolute Gasteiger partial charge is 0.380 e. The van der Waals surface area contributed by atoms with Gasteiger partial charge in [-0.15, -0.1) is 0 Å². The van der Waals surface area contributed by atoms with Crippen LogP contribution in [0.2, 0.25) is 0 Å². The summed E-state index contributed by atoms with van der Waals surface area (Å²) in [5.41, 5.74) is 0. The summed E-state index contributed by atoms with van der Waals surface area (Å²) >= 11 is 0. The monoisotopic (exact) mass is 127 g/mol. The summed E-state index contributed by atoms with van der Waals surface area (Å²) < 4.78 is 5.31. The zero-order valence-electron chi connectivity index (χ0n) is 5.60. The Kier molecular flexibility index (Phi) is 1.44. The van der Waals surface area contributed by atoms with E-state index in [9.17, 15) is 0 Å². The van der Waals surface area contributed by atoms with Gasteiger partial charge in [-0.05, 0) is 18.8 Å². The average molecular weight is 127 g/mol. The molecule has 2 unspecified atom stereocenters. The minimum atomic E-state index is 0.855.